The van der Waals surface area contributed by atoms with Gasteiger partial charge in [0.25, 0.3) is 0 Å². The molecule has 0 aliphatic carbocycles. The number of esters is 1. The van der Waals surface area contributed by atoms with Crippen LogP contribution in [0, 0.1) is 0 Å². The molecule has 0 amide bonds. The Morgan fingerprint density at radius 1 is 1.60 bits per heavy atom. The lowest BCUT2D eigenvalue weighted by atomic mass is 10.3. The summed E-state index contributed by atoms with van der Waals surface area (Å²) < 4.78 is 4.91. The molecular weight excluding hydrogens is 137 g/mol. The first kappa shape index (κ1) is 9.36. The summed E-state index contributed by atoms with van der Waals surface area (Å²) in [5.74, 6) is -0.167. The monoisotopic (exact) mass is 149 g/mol. The SMILES string of the molecule is C[C@@H]1NC(C)(C)OC1=O.F. The van der Waals surface area contributed by atoms with Crippen LogP contribution >= 0.6 is 0 Å². The van der Waals surface area contributed by atoms with E-state index in [4.69, 9.17) is 4.74 Å². The van der Waals surface area contributed by atoms with Crippen molar-refractivity contribution in [1.82, 2.24) is 5.32 Å². The van der Waals surface area contributed by atoms with Gasteiger partial charge in [0.05, 0.1) is 0 Å². The van der Waals surface area contributed by atoms with Crippen molar-refractivity contribution in [2.24, 2.45) is 0 Å². The van der Waals surface area contributed by atoms with E-state index in [1.165, 1.54) is 0 Å². The van der Waals surface area contributed by atoms with Crippen LogP contribution in [0.1, 0.15) is 20.8 Å². The molecule has 60 valence electrons. The fourth-order valence-electron chi connectivity index (χ4n) is 0.950. The van der Waals surface area contributed by atoms with Crippen LogP contribution in [-0.4, -0.2) is 17.7 Å². The lowest BCUT2D eigenvalue weighted by Gasteiger charge is -2.15. The molecule has 0 aromatic heterocycles. The number of rotatable bonds is 0. The second-order valence-corrected chi connectivity index (χ2v) is 2.80. The van der Waals surface area contributed by atoms with Crippen molar-refractivity contribution in [2.45, 2.75) is 32.5 Å². The summed E-state index contributed by atoms with van der Waals surface area (Å²) in [4.78, 5) is 10.7. The summed E-state index contributed by atoms with van der Waals surface area (Å²) in [7, 11) is 0. The third kappa shape index (κ3) is 1.67. The van der Waals surface area contributed by atoms with Gasteiger partial charge in [-0.3, -0.25) is 14.8 Å². The molecule has 0 saturated carbocycles. The molecule has 1 aliphatic heterocycles. The third-order valence-electron chi connectivity index (χ3n) is 1.27. The Balaban J connectivity index is 0.000000810. The first-order valence-corrected chi connectivity index (χ1v) is 3.02. The van der Waals surface area contributed by atoms with Gasteiger partial charge in [0.1, 0.15) is 6.04 Å². The van der Waals surface area contributed by atoms with Crippen molar-refractivity contribution in [2.75, 3.05) is 0 Å². The van der Waals surface area contributed by atoms with Gasteiger partial charge in [-0.25, -0.2) is 0 Å². The normalized spacial score (nSPS) is 29.1. The lowest BCUT2D eigenvalue weighted by molar-refractivity contribution is -0.146. The predicted molar refractivity (Wildman–Crippen MR) is 35.3 cm³/mol. The fraction of sp³-hybridized carbons (Fsp3) is 0.833. The van der Waals surface area contributed by atoms with E-state index in [1.54, 1.807) is 6.92 Å². The summed E-state index contributed by atoms with van der Waals surface area (Å²) in [5.41, 5.74) is -0.462. The van der Waals surface area contributed by atoms with Crippen LogP contribution in [0.2, 0.25) is 0 Å². The second kappa shape index (κ2) is 2.54. The Hall–Kier alpha value is -0.640. The van der Waals surface area contributed by atoms with E-state index in [1.807, 2.05) is 13.8 Å². The molecule has 1 atom stereocenters. The van der Waals surface area contributed by atoms with Gasteiger partial charge in [-0.15, -0.1) is 0 Å². The average molecular weight is 149 g/mol. The molecule has 0 spiro atoms. The van der Waals surface area contributed by atoms with Crippen molar-refractivity contribution in [3.05, 3.63) is 0 Å². The predicted octanol–water partition coefficient (Wildman–Crippen LogP) is 0.410. The first-order chi connectivity index (χ1) is 4.01. The van der Waals surface area contributed by atoms with Crippen molar-refractivity contribution < 1.29 is 14.2 Å². The van der Waals surface area contributed by atoms with Crippen LogP contribution in [0.25, 0.3) is 0 Å². The molecule has 0 unspecified atom stereocenters. The van der Waals surface area contributed by atoms with Gasteiger partial charge in [0, 0.05) is 0 Å². The Kier molecular flexibility index (Phi) is 2.37. The molecule has 1 heterocycles. The Morgan fingerprint density at radius 3 is 2.20 bits per heavy atom. The Morgan fingerprint density at radius 2 is 2.10 bits per heavy atom. The number of cyclic esters (lactones) is 1. The summed E-state index contributed by atoms with van der Waals surface area (Å²) in [6, 6.07) is -0.153. The summed E-state index contributed by atoms with van der Waals surface area (Å²) in [6.45, 7) is 5.44. The van der Waals surface area contributed by atoms with Crippen LogP contribution < -0.4 is 5.32 Å². The van der Waals surface area contributed by atoms with E-state index in [2.05, 4.69) is 5.32 Å². The van der Waals surface area contributed by atoms with Crippen LogP contribution in [0.3, 0.4) is 0 Å². The highest BCUT2D eigenvalue weighted by molar-refractivity contribution is 5.77. The van der Waals surface area contributed by atoms with Crippen molar-refractivity contribution >= 4 is 5.97 Å². The average Bonchev–Trinajstić information content (AvgIpc) is 1.79. The number of carbonyl (C=O) groups is 1. The molecule has 1 N–H and O–H groups in total. The second-order valence-electron chi connectivity index (χ2n) is 2.80. The number of ether oxygens (including phenoxy) is 1. The van der Waals surface area contributed by atoms with Crippen LogP contribution in [0.4, 0.5) is 4.70 Å². The number of hydrogen-bond donors (Lipinski definition) is 1. The van der Waals surface area contributed by atoms with Gasteiger partial charge in [-0.2, -0.15) is 0 Å². The van der Waals surface area contributed by atoms with E-state index in [0.717, 1.165) is 0 Å². The molecule has 1 aliphatic rings. The first-order valence-electron chi connectivity index (χ1n) is 3.02. The number of hydrogen-bond acceptors (Lipinski definition) is 3. The van der Waals surface area contributed by atoms with E-state index in [0.29, 0.717) is 0 Å². The highest BCUT2D eigenvalue weighted by Gasteiger charge is 2.35. The maximum absolute atomic E-state index is 10.7. The zero-order valence-electron chi connectivity index (χ0n) is 6.30. The molecule has 10 heavy (non-hydrogen) atoms. The molecule has 0 radical (unpaired) electrons. The Labute approximate surface area is 59.1 Å². The molecular formula is C6H12FNO2. The molecule has 3 nitrogen and oxygen atoms in total. The van der Waals surface area contributed by atoms with Crippen molar-refractivity contribution in [3.63, 3.8) is 0 Å². The van der Waals surface area contributed by atoms with Gasteiger partial charge >= 0.3 is 5.97 Å². The minimum Gasteiger partial charge on any atom is -0.443 e. The number of halogens is 1. The van der Waals surface area contributed by atoms with Gasteiger partial charge in [-0.1, -0.05) is 0 Å². The Bertz CT molecular complexity index is 147. The zero-order chi connectivity index (χ0) is 7.07. The smallest absolute Gasteiger partial charge is 0.324 e. The van der Waals surface area contributed by atoms with Gasteiger partial charge in [0.15, 0.2) is 5.72 Å². The van der Waals surface area contributed by atoms with E-state index >= 15 is 0 Å². The summed E-state index contributed by atoms with van der Waals surface area (Å²) >= 11 is 0. The minimum atomic E-state index is -0.462. The fourth-order valence-corrected chi connectivity index (χ4v) is 0.950. The molecule has 4 heteroatoms. The van der Waals surface area contributed by atoms with Gasteiger partial charge in [0.2, 0.25) is 0 Å². The van der Waals surface area contributed by atoms with Crippen LogP contribution in [0.15, 0.2) is 0 Å². The van der Waals surface area contributed by atoms with Gasteiger partial charge in [-0.05, 0) is 20.8 Å². The summed E-state index contributed by atoms with van der Waals surface area (Å²) in [5, 5.41) is 2.97. The maximum Gasteiger partial charge on any atom is 0.324 e. The van der Waals surface area contributed by atoms with E-state index in [-0.39, 0.29) is 16.7 Å². The topological polar surface area (TPSA) is 38.3 Å². The largest absolute Gasteiger partial charge is 0.443 e. The maximum atomic E-state index is 10.7. The quantitative estimate of drug-likeness (QED) is 0.507. The van der Waals surface area contributed by atoms with Crippen molar-refractivity contribution in [1.29, 1.82) is 0 Å². The highest BCUT2D eigenvalue weighted by atomic mass is 19.0. The molecule has 0 aromatic carbocycles. The van der Waals surface area contributed by atoms with E-state index < -0.39 is 5.72 Å². The lowest BCUT2D eigenvalue weighted by Crippen LogP contribution is -2.37. The molecule has 1 fully saturated rings. The standard InChI is InChI=1S/C6H11NO2.FH/c1-4-5(8)9-6(2,3)7-4;/h4,7H,1-3H3;1H/t4-;/m0./s1. The molecule has 0 bridgehead atoms. The number of nitrogens with one attached hydrogen (secondary N) is 1. The van der Waals surface area contributed by atoms with Gasteiger partial charge < -0.3 is 4.74 Å². The minimum absolute atomic E-state index is 0. The van der Waals surface area contributed by atoms with Crippen molar-refractivity contribution in [3.8, 4) is 0 Å². The molecule has 0 aromatic rings. The van der Waals surface area contributed by atoms with E-state index in [9.17, 15) is 4.79 Å². The molecule has 1 rings (SSSR count). The van der Waals surface area contributed by atoms with Crippen LogP contribution in [-0.2, 0) is 9.53 Å². The van der Waals surface area contributed by atoms with Crippen LogP contribution in [0.5, 0.6) is 0 Å². The number of carbonyl (C=O) groups excluding carboxylic acids is 1. The highest BCUT2D eigenvalue weighted by Crippen LogP contribution is 2.14. The summed E-state index contributed by atoms with van der Waals surface area (Å²) in [6.07, 6.45) is 0. The zero-order valence-corrected chi connectivity index (χ0v) is 6.30. The third-order valence-corrected chi connectivity index (χ3v) is 1.27. The molecule has 1 saturated heterocycles.